The maximum Gasteiger partial charge on any atom is 0.304 e. The van der Waals surface area contributed by atoms with Crippen molar-refractivity contribution >= 4 is 23.4 Å². The minimum absolute atomic E-state index is 0.00532. The molecule has 1 atom stereocenters. The SMILES string of the molecule is CCCCSC(OC(C)=O)c1cccc([N+](=O)[O-])c1. The molecule has 0 saturated carbocycles. The molecule has 1 rings (SSSR count). The van der Waals surface area contributed by atoms with E-state index in [4.69, 9.17) is 4.74 Å². The van der Waals surface area contributed by atoms with E-state index in [1.54, 1.807) is 12.1 Å². The zero-order valence-electron chi connectivity index (χ0n) is 11.0. The highest BCUT2D eigenvalue weighted by atomic mass is 32.2. The number of unbranched alkanes of at least 4 members (excludes halogenated alkanes) is 1. The second kappa shape index (κ2) is 7.78. The van der Waals surface area contributed by atoms with E-state index < -0.39 is 10.4 Å². The Bertz CT molecular complexity index is 450. The van der Waals surface area contributed by atoms with Gasteiger partial charge in [-0.05, 0) is 12.2 Å². The highest BCUT2D eigenvalue weighted by Crippen LogP contribution is 2.32. The first-order valence-corrected chi connectivity index (χ1v) is 7.12. The van der Waals surface area contributed by atoms with E-state index in [1.807, 2.05) is 0 Å². The molecule has 19 heavy (non-hydrogen) atoms. The van der Waals surface area contributed by atoms with Crippen LogP contribution in [0.3, 0.4) is 0 Å². The predicted molar refractivity (Wildman–Crippen MR) is 75.0 cm³/mol. The second-order valence-corrected chi connectivity index (χ2v) is 5.19. The number of ether oxygens (including phenoxy) is 1. The smallest absolute Gasteiger partial charge is 0.304 e. The van der Waals surface area contributed by atoms with Crippen molar-refractivity contribution in [3.05, 3.63) is 39.9 Å². The number of hydrogen-bond acceptors (Lipinski definition) is 5. The Morgan fingerprint density at radius 3 is 2.84 bits per heavy atom. The van der Waals surface area contributed by atoms with Crippen LogP contribution in [0.25, 0.3) is 0 Å². The van der Waals surface area contributed by atoms with Gasteiger partial charge in [-0.2, -0.15) is 0 Å². The number of hydrogen-bond donors (Lipinski definition) is 0. The van der Waals surface area contributed by atoms with E-state index in [-0.39, 0.29) is 11.7 Å². The number of benzene rings is 1. The molecule has 0 fully saturated rings. The van der Waals surface area contributed by atoms with E-state index in [2.05, 4.69) is 6.92 Å². The molecular formula is C13H17NO4S. The van der Waals surface area contributed by atoms with Crippen LogP contribution in [0.5, 0.6) is 0 Å². The van der Waals surface area contributed by atoms with Gasteiger partial charge in [0.2, 0.25) is 0 Å². The minimum atomic E-state index is -0.482. The van der Waals surface area contributed by atoms with Crippen molar-refractivity contribution in [2.75, 3.05) is 5.75 Å². The molecule has 0 amide bonds. The van der Waals surface area contributed by atoms with Crippen LogP contribution in [0.2, 0.25) is 0 Å². The molecule has 0 saturated heterocycles. The molecule has 6 heteroatoms. The molecular weight excluding hydrogens is 266 g/mol. The van der Waals surface area contributed by atoms with Gasteiger partial charge in [0.15, 0.2) is 5.44 Å². The summed E-state index contributed by atoms with van der Waals surface area (Å²) in [4.78, 5) is 21.4. The zero-order valence-corrected chi connectivity index (χ0v) is 11.8. The van der Waals surface area contributed by atoms with Gasteiger partial charge in [0.25, 0.3) is 5.69 Å². The van der Waals surface area contributed by atoms with Crippen LogP contribution in [0.15, 0.2) is 24.3 Å². The Hall–Kier alpha value is -1.56. The molecule has 5 nitrogen and oxygen atoms in total. The van der Waals surface area contributed by atoms with Gasteiger partial charge >= 0.3 is 5.97 Å². The molecule has 0 aliphatic carbocycles. The van der Waals surface area contributed by atoms with E-state index in [1.165, 1.54) is 30.8 Å². The summed E-state index contributed by atoms with van der Waals surface area (Å²) < 4.78 is 5.22. The molecule has 0 aromatic heterocycles. The largest absolute Gasteiger partial charge is 0.446 e. The number of thioether (sulfide) groups is 1. The Labute approximate surface area is 116 Å². The highest BCUT2D eigenvalue weighted by Gasteiger charge is 2.17. The summed E-state index contributed by atoms with van der Waals surface area (Å²) >= 11 is 1.48. The third-order valence-corrected chi connectivity index (χ3v) is 3.59. The van der Waals surface area contributed by atoms with Gasteiger partial charge in [0.05, 0.1) is 4.92 Å². The number of nitro groups is 1. The van der Waals surface area contributed by atoms with Crippen molar-refractivity contribution in [2.45, 2.75) is 32.1 Å². The van der Waals surface area contributed by atoms with Gasteiger partial charge in [0.1, 0.15) is 0 Å². The molecule has 104 valence electrons. The molecule has 0 aliphatic heterocycles. The van der Waals surface area contributed by atoms with Crippen LogP contribution in [0, 0.1) is 10.1 Å². The van der Waals surface area contributed by atoms with Gasteiger partial charge in [0, 0.05) is 24.6 Å². The third-order valence-electron chi connectivity index (χ3n) is 2.39. The van der Waals surface area contributed by atoms with Crippen molar-refractivity contribution in [2.24, 2.45) is 0 Å². The fourth-order valence-electron chi connectivity index (χ4n) is 1.47. The Kier molecular flexibility index (Phi) is 6.35. The lowest BCUT2D eigenvalue weighted by Crippen LogP contribution is -2.06. The third kappa shape index (κ3) is 5.30. The summed E-state index contributed by atoms with van der Waals surface area (Å²) in [7, 11) is 0. The Morgan fingerprint density at radius 2 is 2.26 bits per heavy atom. The van der Waals surface area contributed by atoms with Gasteiger partial charge in [-0.3, -0.25) is 14.9 Å². The fourth-order valence-corrected chi connectivity index (χ4v) is 2.68. The fraction of sp³-hybridized carbons (Fsp3) is 0.462. The van der Waals surface area contributed by atoms with Gasteiger partial charge in [-0.25, -0.2) is 0 Å². The second-order valence-electron chi connectivity index (χ2n) is 4.02. The van der Waals surface area contributed by atoms with Crippen molar-refractivity contribution in [3.63, 3.8) is 0 Å². The average Bonchev–Trinajstić information content (AvgIpc) is 2.37. The molecule has 0 spiro atoms. The maximum atomic E-state index is 11.1. The van der Waals surface area contributed by atoms with Gasteiger partial charge in [-0.1, -0.05) is 25.5 Å². The summed E-state index contributed by atoms with van der Waals surface area (Å²) in [6.45, 7) is 3.42. The first kappa shape index (κ1) is 15.5. The predicted octanol–water partition coefficient (Wildman–Crippen LogP) is 3.69. The van der Waals surface area contributed by atoms with Crippen LogP contribution < -0.4 is 0 Å². The molecule has 1 aromatic rings. The monoisotopic (exact) mass is 283 g/mol. The van der Waals surface area contributed by atoms with Crippen LogP contribution in [-0.4, -0.2) is 16.6 Å². The summed E-state index contributed by atoms with van der Waals surface area (Å²) in [5, 5.41) is 10.7. The number of carbonyl (C=O) groups is 1. The van der Waals surface area contributed by atoms with Crippen LogP contribution in [0.4, 0.5) is 5.69 Å². The lowest BCUT2D eigenvalue weighted by Gasteiger charge is -2.16. The normalized spacial score (nSPS) is 11.9. The van der Waals surface area contributed by atoms with E-state index in [0.717, 1.165) is 18.6 Å². The summed E-state index contributed by atoms with van der Waals surface area (Å²) in [6.07, 6.45) is 2.06. The Morgan fingerprint density at radius 1 is 1.53 bits per heavy atom. The van der Waals surface area contributed by atoms with Gasteiger partial charge in [-0.15, -0.1) is 11.8 Å². The first-order chi connectivity index (χ1) is 9.04. The molecule has 0 radical (unpaired) electrons. The number of nitrogens with zero attached hydrogens (tertiary/aromatic N) is 1. The van der Waals surface area contributed by atoms with Crippen LogP contribution in [0.1, 0.15) is 37.7 Å². The number of nitro benzene ring substituents is 1. The highest BCUT2D eigenvalue weighted by molar-refractivity contribution is 7.99. The molecule has 1 aromatic carbocycles. The molecule has 0 N–H and O–H groups in total. The van der Waals surface area contributed by atoms with Crippen LogP contribution >= 0.6 is 11.8 Å². The number of rotatable bonds is 7. The summed E-state index contributed by atoms with van der Waals surface area (Å²) in [5.74, 6) is 0.456. The molecule has 0 bridgehead atoms. The topological polar surface area (TPSA) is 69.4 Å². The number of non-ortho nitro benzene ring substituents is 1. The van der Waals surface area contributed by atoms with Crippen molar-refractivity contribution in [3.8, 4) is 0 Å². The number of esters is 1. The van der Waals surface area contributed by atoms with Crippen molar-refractivity contribution < 1.29 is 14.5 Å². The summed E-state index contributed by atoms with van der Waals surface area (Å²) in [5.41, 5.74) is 0.167. The van der Waals surface area contributed by atoms with E-state index in [9.17, 15) is 14.9 Å². The molecule has 0 aliphatic rings. The lowest BCUT2D eigenvalue weighted by atomic mass is 10.2. The summed E-state index contributed by atoms with van der Waals surface area (Å²) in [6, 6.07) is 6.21. The Balaban J connectivity index is 2.86. The van der Waals surface area contributed by atoms with Crippen LogP contribution in [-0.2, 0) is 9.53 Å². The molecule has 0 heterocycles. The van der Waals surface area contributed by atoms with E-state index >= 15 is 0 Å². The van der Waals surface area contributed by atoms with Crippen molar-refractivity contribution in [1.29, 1.82) is 0 Å². The maximum absolute atomic E-state index is 11.1. The van der Waals surface area contributed by atoms with Crippen molar-refractivity contribution in [1.82, 2.24) is 0 Å². The first-order valence-electron chi connectivity index (χ1n) is 6.07. The average molecular weight is 283 g/mol. The van der Waals surface area contributed by atoms with Gasteiger partial charge < -0.3 is 4.74 Å². The number of carbonyl (C=O) groups excluding carboxylic acids is 1. The minimum Gasteiger partial charge on any atom is -0.446 e. The molecule has 1 unspecified atom stereocenters. The standard InChI is InChI=1S/C13H17NO4S/c1-3-4-8-19-13(18-10(2)15)11-6-5-7-12(9-11)14(16)17/h5-7,9,13H,3-4,8H2,1-2H3. The quantitative estimate of drug-likeness (QED) is 0.251. The zero-order chi connectivity index (χ0) is 14.3. The lowest BCUT2D eigenvalue weighted by molar-refractivity contribution is -0.385. The van der Waals surface area contributed by atoms with E-state index in [0.29, 0.717) is 5.56 Å².